The van der Waals surface area contributed by atoms with Crippen LogP contribution in [0, 0.1) is 0 Å². The minimum Gasteiger partial charge on any atom is -0.304 e. The van der Waals surface area contributed by atoms with Gasteiger partial charge in [-0.2, -0.15) is 0 Å². The average molecular weight is 171 g/mol. The fraction of sp³-hybridized carbons (Fsp3) is 0.818. The SMILES string of the molecule is C=CC.CC.CCN1CCCC1. The van der Waals surface area contributed by atoms with Crippen molar-refractivity contribution in [2.45, 2.75) is 40.5 Å². The van der Waals surface area contributed by atoms with Gasteiger partial charge in [-0.05, 0) is 39.4 Å². The Hall–Kier alpha value is -0.300. The molecule has 74 valence electrons. The molecule has 1 saturated heterocycles. The molecule has 1 aliphatic rings. The van der Waals surface area contributed by atoms with Crippen molar-refractivity contribution in [3.8, 4) is 0 Å². The molecule has 1 heterocycles. The molecule has 0 unspecified atom stereocenters. The van der Waals surface area contributed by atoms with Crippen LogP contribution in [0.2, 0.25) is 0 Å². The highest BCUT2D eigenvalue weighted by Gasteiger charge is 2.06. The first kappa shape index (κ1) is 14.2. The first-order valence-electron chi connectivity index (χ1n) is 5.14. The van der Waals surface area contributed by atoms with Gasteiger partial charge >= 0.3 is 0 Å². The molecule has 0 aromatic rings. The zero-order valence-electron chi connectivity index (χ0n) is 9.27. The number of allylic oxidation sites excluding steroid dienone is 1. The van der Waals surface area contributed by atoms with E-state index in [4.69, 9.17) is 0 Å². The van der Waals surface area contributed by atoms with E-state index >= 15 is 0 Å². The van der Waals surface area contributed by atoms with E-state index in [9.17, 15) is 0 Å². The molecule has 0 atom stereocenters. The standard InChI is InChI=1S/C6H13N.C3H6.C2H6/c1-2-7-5-3-4-6-7;1-3-2;1-2/h2-6H2,1H3;3H,1H2,2H3;1-2H3. The summed E-state index contributed by atoms with van der Waals surface area (Å²) in [6.45, 7) is 15.4. The predicted octanol–water partition coefficient (Wildman–Crippen LogP) is 3.32. The van der Waals surface area contributed by atoms with E-state index in [1.54, 1.807) is 6.08 Å². The molecular formula is C11H25N. The summed E-state index contributed by atoms with van der Waals surface area (Å²) in [5, 5.41) is 0. The summed E-state index contributed by atoms with van der Waals surface area (Å²) in [6, 6.07) is 0. The molecular weight excluding hydrogens is 146 g/mol. The van der Waals surface area contributed by atoms with Gasteiger partial charge in [-0.1, -0.05) is 26.8 Å². The van der Waals surface area contributed by atoms with E-state index in [0.717, 1.165) is 0 Å². The lowest BCUT2D eigenvalue weighted by molar-refractivity contribution is 0.359. The molecule has 1 rings (SSSR count). The number of nitrogens with zero attached hydrogens (tertiary/aromatic N) is 1. The zero-order valence-corrected chi connectivity index (χ0v) is 9.27. The normalized spacial score (nSPS) is 15.3. The molecule has 0 bridgehead atoms. The minimum absolute atomic E-state index is 1.25. The lowest BCUT2D eigenvalue weighted by Gasteiger charge is -2.08. The summed E-state index contributed by atoms with van der Waals surface area (Å²) in [4.78, 5) is 2.49. The van der Waals surface area contributed by atoms with Crippen LogP contribution in [0.4, 0.5) is 0 Å². The summed E-state index contributed by atoms with van der Waals surface area (Å²) in [5.41, 5.74) is 0. The number of likely N-dealkylation sites (tertiary alicyclic amines) is 1. The Labute approximate surface area is 78.5 Å². The molecule has 0 N–H and O–H groups in total. The van der Waals surface area contributed by atoms with E-state index in [0.29, 0.717) is 0 Å². The van der Waals surface area contributed by atoms with Crippen LogP contribution < -0.4 is 0 Å². The van der Waals surface area contributed by atoms with E-state index in [1.807, 2.05) is 20.8 Å². The molecule has 0 aromatic heterocycles. The average Bonchev–Trinajstić information content (AvgIpc) is 2.61. The minimum atomic E-state index is 1.25. The second kappa shape index (κ2) is 13.3. The zero-order chi connectivity index (χ0) is 9.82. The second-order valence-corrected chi connectivity index (χ2v) is 2.55. The van der Waals surface area contributed by atoms with E-state index < -0.39 is 0 Å². The van der Waals surface area contributed by atoms with Gasteiger partial charge in [0.1, 0.15) is 0 Å². The first-order chi connectivity index (χ1) is 5.85. The number of hydrogen-bond acceptors (Lipinski definition) is 1. The van der Waals surface area contributed by atoms with Gasteiger partial charge in [0, 0.05) is 0 Å². The smallest absolute Gasteiger partial charge is 0.00184 e. The summed E-state index contributed by atoms with van der Waals surface area (Å²) in [6.07, 6.45) is 4.60. The maximum atomic E-state index is 3.36. The molecule has 0 radical (unpaired) electrons. The van der Waals surface area contributed by atoms with Gasteiger partial charge < -0.3 is 4.90 Å². The summed E-state index contributed by atoms with van der Waals surface area (Å²) < 4.78 is 0. The molecule has 1 aliphatic heterocycles. The lowest BCUT2D eigenvalue weighted by Crippen LogP contribution is -2.17. The third kappa shape index (κ3) is 9.70. The summed E-state index contributed by atoms with van der Waals surface area (Å²) in [7, 11) is 0. The van der Waals surface area contributed by atoms with E-state index in [2.05, 4.69) is 18.4 Å². The van der Waals surface area contributed by atoms with Gasteiger partial charge in [0.25, 0.3) is 0 Å². The van der Waals surface area contributed by atoms with Gasteiger partial charge in [-0.25, -0.2) is 0 Å². The van der Waals surface area contributed by atoms with Crippen molar-refractivity contribution in [3.63, 3.8) is 0 Å². The van der Waals surface area contributed by atoms with E-state index in [-0.39, 0.29) is 0 Å². The Morgan fingerprint density at radius 2 is 1.58 bits per heavy atom. The fourth-order valence-corrected chi connectivity index (χ4v) is 1.10. The van der Waals surface area contributed by atoms with Crippen molar-refractivity contribution in [1.29, 1.82) is 0 Å². The van der Waals surface area contributed by atoms with Gasteiger partial charge in [0.2, 0.25) is 0 Å². The van der Waals surface area contributed by atoms with Gasteiger partial charge in [0.15, 0.2) is 0 Å². The first-order valence-corrected chi connectivity index (χ1v) is 5.14. The van der Waals surface area contributed by atoms with Crippen molar-refractivity contribution >= 4 is 0 Å². The van der Waals surface area contributed by atoms with Crippen molar-refractivity contribution in [1.82, 2.24) is 4.90 Å². The monoisotopic (exact) mass is 171 g/mol. The van der Waals surface area contributed by atoms with Crippen molar-refractivity contribution in [2.24, 2.45) is 0 Å². The Bertz CT molecular complexity index is 73.1. The fourth-order valence-electron chi connectivity index (χ4n) is 1.10. The van der Waals surface area contributed by atoms with Crippen LogP contribution in [0.3, 0.4) is 0 Å². The predicted molar refractivity (Wildman–Crippen MR) is 58.6 cm³/mol. The highest BCUT2D eigenvalue weighted by Crippen LogP contribution is 2.04. The largest absolute Gasteiger partial charge is 0.304 e. The lowest BCUT2D eigenvalue weighted by atomic mass is 10.4. The summed E-state index contributed by atoms with van der Waals surface area (Å²) in [5.74, 6) is 0. The Balaban J connectivity index is 0. The number of hydrogen-bond donors (Lipinski definition) is 0. The van der Waals surface area contributed by atoms with Crippen molar-refractivity contribution < 1.29 is 0 Å². The highest BCUT2D eigenvalue weighted by molar-refractivity contribution is 4.62. The molecule has 0 saturated carbocycles. The van der Waals surface area contributed by atoms with Gasteiger partial charge in [0.05, 0.1) is 0 Å². The molecule has 1 nitrogen and oxygen atoms in total. The van der Waals surface area contributed by atoms with Crippen LogP contribution in [0.25, 0.3) is 0 Å². The van der Waals surface area contributed by atoms with E-state index in [1.165, 1.54) is 32.5 Å². The molecule has 1 heteroatoms. The molecule has 0 aromatic carbocycles. The maximum absolute atomic E-state index is 3.36. The van der Waals surface area contributed by atoms with Crippen LogP contribution in [0.5, 0.6) is 0 Å². The molecule has 0 aliphatic carbocycles. The molecule has 1 fully saturated rings. The van der Waals surface area contributed by atoms with Crippen LogP contribution in [-0.4, -0.2) is 24.5 Å². The molecule has 12 heavy (non-hydrogen) atoms. The Kier molecular flexibility index (Phi) is 15.8. The maximum Gasteiger partial charge on any atom is -0.00184 e. The van der Waals surface area contributed by atoms with Crippen LogP contribution >= 0.6 is 0 Å². The van der Waals surface area contributed by atoms with Crippen molar-refractivity contribution in [3.05, 3.63) is 12.7 Å². The molecule has 0 spiro atoms. The van der Waals surface area contributed by atoms with Crippen LogP contribution in [0.1, 0.15) is 40.5 Å². The topological polar surface area (TPSA) is 3.24 Å². The number of rotatable bonds is 1. The quantitative estimate of drug-likeness (QED) is 0.547. The molecule has 0 amide bonds. The van der Waals surface area contributed by atoms with Gasteiger partial charge in [-0.3, -0.25) is 0 Å². The van der Waals surface area contributed by atoms with Gasteiger partial charge in [-0.15, -0.1) is 6.58 Å². The van der Waals surface area contributed by atoms with Crippen molar-refractivity contribution in [2.75, 3.05) is 19.6 Å². The Morgan fingerprint density at radius 3 is 1.75 bits per heavy atom. The summed E-state index contributed by atoms with van der Waals surface area (Å²) >= 11 is 0. The third-order valence-corrected chi connectivity index (χ3v) is 1.65. The van der Waals surface area contributed by atoms with Crippen LogP contribution in [0.15, 0.2) is 12.7 Å². The van der Waals surface area contributed by atoms with Crippen LogP contribution in [-0.2, 0) is 0 Å². The second-order valence-electron chi connectivity index (χ2n) is 2.55. The Morgan fingerprint density at radius 1 is 1.25 bits per heavy atom. The highest BCUT2D eigenvalue weighted by atomic mass is 15.1. The third-order valence-electron chi connectivity index (χ3n) is 1.65.